The highest BCUT2D eigenvalue weighted by Crippen LogP contribution is 2.19. The van der Waals surface area contributed by atoms with Crippen LogP contribution in [0.4, 0.5) is 0 Å². The van der Waals surface area contributed by atoms with E-state index in [-0.39, 0.29) is 24.3 Å². The molecule has 1 heterocycles. The molecule has 0 aromatic carbocycles. The van der Waals surface area contributed by atoms with Crippen LogP contribution >= 0.6 is 0 Å². The number of nitrogens with one attached hydrogen (secondary N) is 1. The highest BCUT2D eigenvalue weighted by Gasteiger charge is 2.32. The number of hydrogen-bond acceptors (Lipinski definition) is 3. The van der Waals surface area contributed by atoms with Crippen molar-refractivity contribution in [2.24, 2.45) is 5.92 Å². The zero-order valence-corrected chi connectivity index (χ0v) is 9.14. The van der Waals surface area contributed by atoms with Gasteiger partial charge in [0.1, 0.15) is 6.54 Å². The zero-order valence-electron chi connectivity index (χ0n) is 9.14. The van der Waals surface area contributed by atoms with Crippen LogP contribution in [0.3, 0.4) is 0 Å². The molecule has 1 saturated heterocycles. The lowest BCUT2D eigenvalue weighted by atomic mass is 10.1. The summed E-state index contributed by atoms with van der Waals surface area (Å²) in [6.45, 7) is 3.72. The number of carboxylic acid groups (broad SMARTS) is 1. The Morgan fingerprint density at radius 1 is 1.81 bits per heavy atom. The van der Waals surface area contributed by atoms with E-state index in [4.69, 9.17) is 10.5 Å². The molecule has 2 N–H and O–H groups in total. The predicted molar refractivity (Wildman–Crippen MR) is 58.0 cm³/mol. The number of nitrogens with zero attached hydrogens (tertiary/aromatic N) is 2. The van der Waals surface area contributed by atoms with Crippen molar-refractivity contribution < 1.29 is 14.7 Å². The van der Waals surface area contributed by atoms with Crippen LogP contribution in [0, 0.1) is 11.3 Å². The molecular formula is C10H15N3O3. The number of rotatable bonds is 3. The van der Waals surface area contributed by atoms with E-state index in [1.807, 2.05) is 0 Å². The van der Waals surface area contributed by atoms with Crippen molar-refractivity contribution in [3.8, 4) is 0 Å². The van der Waals surface area contributed by atoms with Crippen LogP contribution in [-0.4, -0.2) is 52.9 Å². The van der Waals surface area contributed by atoms with E-state index in [1.165, 1.54) is 16.8 Å². The number of carbonyl (C=O) groups is 2. The summed E-state index contributed by atoms with van der Waals surface area (Å²) in [6, 6.07) is 0. The van der Waals surface area contributed by atoms with Gasteiger partial charge in [0.15, 0.2) is 0 Å². The molecule has 16 heavy (non-hydrogen) atoms. The fraction of sp³-hybridized carbons (Fsp3) is 0.500. The van der Waals surface area contributed by atoms with Gasteiger partial charge in [-0.25, -0.2) is 0 Å². The van der Waals surface area contributed by atoms with Gasteiger partial charge >= 0.3 is 5.97 Å². The second-order valence-electron chi connectivity index (χ2n) is 3.78. The summed E-state index contributed by atoms with van der Waals surface area (Å²) in [5.41, 5.74) is 0. The average molecular weight is 225 g/mol. The molecule has 88 valence electrons. The van der Waals surface area contributed by atoms with Crippen molar-refractivity contribution in [1.82, 2.24) is 9.80 Å². The average Bonchev–Trinajstić information content (AvgIpc) is 2.57. The van der Waals surface area contributed by atoms with Crippen LogP contribution in [0.2, 0.25) is 0 Å². The van der Waals surface area contributed by atoms with Crippen molar-refractivity contribution in [1.29, 1.82) is 5.41 Å². The van der Waals surface area contributed by atoms with E-state index in [0.717, 1.165) is 0 Å². The lowest BCUT2D eigenvalue weighted by molar-refractivity contribution is -0.137. The number of carbonyl (C=O) groups excluding carboxylic acids is 1. The van der Waals surface area contributed by atoms with E-state index in [9.17, 15) is 9.59 Å². The van der Waals surface area contributed by atoms with Gasteiger partial charge in [0.2, 0.25) is 11.9 Å². The third kappa shape index (κ3) is 2.59. The minimum absolute atomic E-state index is 0.0473. The van der Waals surface area contributed by atoms with Gasteiger partial charge in [-0.05, 0) is 0 Å². The fourth-order valence-electron chi connectivity index (χ4n) is 1.58. The Labute approximate surface area is 93.7 Å². The van der Waals surface area contributed by atoms with Gasteiger partial charge < -0.3 is 10.0 Å². The van der Waals surface area contributed by atoms with Gasteiger partial charge in [-0.2, -0.15) is 0 Å². The van der Waals surface area contributed by atoms with Gasteiger partial charge in [-0.1, -0.05) is 6.08 Å². The second-order valence-corrected chi connectivity index (χ2v) is 3.78. The molecule has 0 saturated carbocycles. The first-order chi connectivity index (χ1) is 7.45. The summed E-state index contributed by atoms with van der Waals surface area (Å²) in [7, 11) is 1.48. The Bertz CT molecular complexity index is 340. The highest BCUT2D eigenvalue weighted by atomic mass is 16.4. The topological polar surface area (TPSA) is 84.7 Å². The Morgan fingerprint density at radius 2 is 2.44 bits per heavy atom. The maximum Gasteiger partial charge on any atom is 0.323 e. The molecule has 1 rings (SSSR count). The van der Waals surface area contributed by atoms with Gasteiger partial charge in [0.25, 0.3) is 0 Å². The Hall–Kier alpha value is -1.85. The number of guanidine groups is 1. The Balaban J connectivity index is 2.64. The second kappa shape index (κ2) is 4.78. The molecule has 0 aromatic heterocycles. The SMILES string of the molecule is C=CC1CC(=O)N(C(=N)N(C)CC(=O)O)C1. The van der Waals surface area contributed by atoms with Gasteiger partial charge in [0, 0.05) is 25.9 Å². The molecule has 1 aliphatic heterocycles. The molecule has 1 fully saturated rings. The third-order valence-electron chi connectivity index (χ3n) is 2.48. The molecule has 1 amide bonds. The summed E-state index contributed by atoms with van der Waals surface area (Å²) in [4.78, 5) is 24.5. The summed E-state index contributed by atoms with van der Waals surface area (Å²) in [5, 5.41) is 16.3. The minimum atomic E-state index is -1.03. The molecule has 0 bridgehead atoms. The Kier molecular flexibility index (Phi) is 3.65. The molecule has 1 aliphatic rings. The summed E-state index contributed by atoms with van der Waals surface area (Å²) >= 11 is 0. The molecule has 0 aromatic rings. The largest absolute Gasteiger partial charge is 0.480 e. The van der Waals surface area contributed by atoms with Gasteiger partial charge in [0.05, 0.1) is 0 Å². The molecule has 1 atom stereocenters. The normalized spacial score (nSPS) is 19.7. The first kappa shape index (κ1) is 12.2. The summed E-state index contributed by atoms with van der Waals surface area (Å²) in [6.07, 6.45) is 2.02. The minimum Gasteiger partial charge on any atom is -0.480 e. The van der Waals surface area contributed by atoms with E-state index < -0.39 is 5.97 Å². The number of likely N-dealkylation sites (tertiary alicyclic amines) is 1. The molecular weight excluding hydrogens is 210 g/mol. The Morgan fingerprint density at radius 3 is 2.88 bits per heavy atom. The molecule has 6 nitrogen and oxygen atoms in total. The van der Waals surface area contributed by atoms with Crippen LogP contribution in [-0.2, 0) is 9.59 Å². The zero-order chi connectivity index (χ0) is 12.3. The predicted octanol–water partition coefficient (Wildman–Crippen LogP) is -0.0279. The van der Waals surface area contributed by atoms with Crippen molar-refractivity contribution in [3.63, 3.8) is 0 Å². The molecule has 0 aliphatic carbocycles. The number of hydrogen-bond donors (Lipinski definition) is 2. The van der Waals surface area contributed by atoms with Gasteiger partial charge in [-0.15, -0.1) is 6.58 Å². The summed E-state index contributed by atoms with van der Waals surface area (Å²) in [5.74, 6) is -1.21. The van der Waals surface area contributed by atoms with Crippen LogP contribution < -0.4 is 0 Å². The lowest BCUT2D eigenvalue weighted by Gasteiger charge is -2.24. The molecule has 6 heteroatoms. The molecule has 0 radical (unpaired) electrons. The monoisotopic (exact) mass is 225 g/mol. The van der Waals surface area contributed by atoms with E-state index in [0.29, 0.717) is 13.0 Å². The smallest absolute Gasteiger partial charge is 0.323 e. The van der Waals surface area contributed by atoms with Crippen LogP contribution in [0.15, 0.2) is 12.7 Å². The first-order valence-electron chi connectivity index (χ1n) is 4.90. The van der Waals surface area contributed by atoms with E-state index >= 15 is 0 Å². The quantitative estimate of drug-likeness (QED) is 0.401. The lowest BCUT2D eigenvalue weighted by Crippen LogP contribution is -2.44. The fourth-order valence-corrected chi connectivity index (χ4v) is 1.58. The van der Waals surface area contributed by atoms with Crippen molar-refractivity contribution in [2.45, 2.75) is 6.42 Å². The maximum absolute atomic E-state index is 11.5. The van der Waals surface area contributed by atoms with E-state index in [2.05, 4.69) is 6.58 Å². The number of aliphatic carboxylic acids is 1. The van der Waals surface area contributed by atoms with Crippen molar-refractivity contribution in [2.75, 3.05) is 20.1 Å². The number of carboxylic acids is 1. The maximum atomic E-state index is 11.5. The molecule has 0 spiro atoms. The van der Waals surface area contributed by atoms with Crippen LogP contribution in [0.5, 0.6) is 0 Å². The third-order valence-corrected chi connectivity index (χ3v) is 2.48. The van der Waals surface area contributed by atoms with Crippen molar-refractivity contribution in [3.05, 3.63) is 12.7 Å². The summed E-state index contributed by atoms with van der Waals surface area (Å²) < 4.78 is 0. The van der Waals surface area contributed by atoms with E-state index in [1.54, 1.807) is 6.08 Å². The standard InChI is InChI=1S/C10H15N3O3/c1-3-7-4-8(14)13(5-7)10(11)12(2)6-9(15)16/h3,7,11H,1,4-6H2,2H3,(H,15,16). The van der Waals surface area contributed by atoms with Crippen LogP contribution in [0.25, 0.3) is 0 Å². The number of amides is 1. The van der Waals surface area contributed by atoms with Crippen LogP contribution in [0.1, 0.15) is 6.42 Å². The van der Waals surface area contributed by atoms with Crippen molar-refractivity contribution >= 4 is 17.8 Å². The van der Waals surface area contributed by atoms with Gasteiger partial charge in [-0.3, -0.25) is 19.9 Å². The highest BCUT2D eigenvalue weighted by molar-refractivity contribution is 5.98. The molecule has 1 unspecified atom stereocenters. The number of likely N-dealkylation sites (N-methyl/N-ethyl adjacent to an activating group) is 1. The first-order valence-corrected chi connectivity index (χ1v) is 4.90.